The average molecular weight is 435 g/mol. The van der Waals surface area contributed by atoms with Gasteiger partial charge in [-0.05, 0) is 44.2 Å². The quantitative estimate of drug-likeness (QED) is 0.298. The van der Waals surface area contributed by atoms with Gasteiger partial charge in [0.1, 0.15) is 9.88 Å². The van der Waals surface area contributed by atoms with E-state index in [-0.39, 0.29) is 22.2 Å². The van der Waals surface area contributed by atoms with E-state index in [0.717, 1.165) is 23.5 Å². The zero-order valence-electron chi connectivity index (χ0n) is 16.2. The van der Waals surface area contributed by atoms with Crippen LogP contribution in [0.15, 0.2) is 42.5 Å². The van der Waals surface area contributed by atoms with Gasteiger partial charge >= 0.3 is 12.1 Å². The second kappa shape index (κ2) is 8.27. The minimum absolute atomic E-state index is 0.136. The van der Waals surface area contributed by atoms with E-state index in [9.17, 15) is 22.8 Å². The molecule has 0 spiro atoms. The van der Waals surface area contributed by atoms with E-state index >= 15 is 0 Å². The van der Waals surface area contributed by atoms with Gasteiger partial charge in [-0.2, -0.15) is 13.2 Å². The third kappa shape index (κ3) is 4.51. The molecule has 0 aliphatic carbocycles. The maximum absolute atomic E-state index is 12.7. The molecule has 9 heteroatoms. The molecule has 0 unspecified atom stereocenters. The molecule has 156 valence electrons. The Kier molecular flexibility index (Phi) is 5.93. The van der Waals surface area contributed by atoms with Gasteiger partial charge in [0, 0.05) is 11.1 Å². The van der Waals surface area contributed by atoms with Gasteiger partial charge in [-0.25, -0.2) is 9.78 Å². The zero-order valence-corrected chi connectivity index (χ0v) is 17.0. The molecular formula is C21H16F3NO4S. The van der Waals surface area contributed by atoms with Crippen molar-refractivity contribution in [1.82, 2.24) is 4.98 Å². The first-order chi connectivity index (χ1) is 14.1. The lowest BCUT2D eigenvalue weighted by atomic mass is 10.1. The molecule has 30 heavy (non-hydrogen) atoms. The maximum Gasteiger partial charge on any atom is 0.416 e. The minimum Gasteiger partial charge on any atom is -0.493 e. The number of aromatic nitrogens is 1. The number of Topliss-reactive ketones (excluding diaryl/α,β-unsaturated/α-hetero) is 1. The molecule has 1 heterocycles. The predicted molar refractivity (Wildman–Crippen MR) is 105 cm³/mol. The standard InChI is InChI=1S/C21H16F3NO4S/c1-11-18(20(27)29-16-9-6-14(12(2)26)10-17(16)28-3)30-19(25-11)13-4-7-15(8-5-13)21(22,23)24/h4-10H,1-3H3. The number of carbonyl (C=O) groups excluding carboxylic acids is 2. The summed E-state index contributed by atoms with van der Waals surface area (Å²) in [6, 6.07) is 8.98. The molecule has 1 aromatic heterocycles. The summed E-state index contributed by atoms with van der Waals surface area (Å²) in [5.41, 5.74) is 0.489. The monoisotopic (exact) mass is 435 g/mol. The highest BCUT2D eigenvalue weighted by molar-refractivity contribution is 7.17. The number of rotatable bonds is 5. The van der Waals surface area contributed by atoms with Crippen LogP contribution in [0.4, 0.5) is 13.2 Å². The molecule has 3 aromatic rings. The van der Waals surface area contributed by atoms with Crippen molar-refractivity contribution in [3.63, 3.8) is 0 Å². The highest BCUT2D eigenvalue weighted by Gasteiger charge is 2.30. The number of alkyl halides is 3. The average Bonchev–Trinajstić information content (AvgIpc) is 3.09. The van der Waals surface area contributed by atoms with Crippen LogP contribution in [0, 0.1) is 6.92 Å². The van der Waals surface area contributed by atoms with Crippen molar-refractivity contribution in [2.24, 2.45) is 0 Å². The van der Waals surface area contributed by atoms with E-state index in [1.807, 2.05) is 0 Å². The van der Waals surface area contributed by atoms with Crippen LogP contribution in [0.25, 0.3) is 10.6 Å². The summed E-state index contributed by atoms with van der Waals surface area (Å²) in [6.45, 7) is 3.01. The van der Waals surface area contributed by atoms with Gasteiger partial charge in [-0.15, -0.1) is 11.3 Å². The molecule has 0 bridgehead atoms. The van der Waals surface area contributed by atoms with Gasteiger partial charge in [0.15, 0.2) is 17.3 Å². The topological polar surface area (TPSA) is 65.5 Å². The van der Waals surface area contributed by atoms with Gasteiger partial charge < -0.3 is 9.47 Å². The number of hydrogen-bond acceptors (Lipinski definition) is 6. The molecule has 3 rings (SSSR count). The maximum atomic E-state index is 12.7. The molecule has 0 saturated carbocycles. The smallest absolute Gasteiger partial charge is 0.416 e. The number of halogens is 3. The SMILES string of the molecule is COc1cc(C(C)=O)ccc1OC(=O)c1sc(-c2ccc(C(F)(F)F)cc2)nc1C. The molecule has 0 aliphatic rings. The van der Waals surface area contributed by atoms with Crippen LogP contribution < -0.4 is 9.47 Å². The lowest BCUT2D eigenvalue weighted by Gasteiger charge is -2.09. The summed E-state index contributed by atoms with van der Waals surface area (Å²) in [7, 11) is 1.39. The van der Waals surface area contributed by atoms with Crippen LogP contribution in [-0.4, -0.2) is 23.8 Å². The molecule has 5 nitrogen and oxygen atoms in total. The molecule has 2 aromatic carbocycles. The fraction of sp³-hybridized carbons (Fsp3) is 0.190. The number of thiazole rings is 1. The van der Waals surface area contributed by atoms with Gasteiger partial charge in [0.2, 0.25) is 0 Å². The van der Waals surface area contributed by atoms with Crippen molar-refractivity contribution in [2.75, 3.05) is 7.11 Å². The van der Waals surface area contributed by atoms with E-state index in [0.29, 0.717) is 21.8 Å². The number of ketones is 1. The third-order valence-corrected chi connectivity index (χ3v) is 5.40. The van der Waals surface area contributed by atoms with E-state index in [4.69, 9.17) is 9.47 Å². The van der Waals surface area contributed by atoms with E-state index < -0.39 is 17.7 Å². The first-order valence-corrected chi connectivity index (χ1v) is 9.48. The minimum atomic E-state index is -4.43. The number of benzene rings is 2. The molecule has 0 saturated heterocycles. The Hall–Kier alpha value is -3.20. The summed E-state index contributed by atoms with van der Waals surface area (Å²) < 4.78 is 48.8. The highest BCUT2D eigenvalue weighted by Crippen LogP contribution is 2.34. The summed E-state index contributed by atoms with van der Waals surface area (Å²) in [6.07, 6.45) is -4.43. The summed E-state index contributed by atoms with van der Waals surface area (Å²) >= 11 is 1.01. The third-order valence-electron chi connectivity index (χ3n) is 4.21. The summed E-state index contributed by atoms with van der Waals surface area (Å²) in [5, 5.41) is 0.395. The Morgan fingerprint density at radius 2 is 1.70 bits per heavy atom. The van der Waals surface area contributed by atoms with E-state index in [2.05, 4.69) is 4.98 Å². The largest absolute Gasteiger partial charge is 0.493 e. The lowest BCUT2D eigenvalue weighted by Crippen LogP contribution is -2.09. The fourth-order valence-electron chi connectivity index (χ4n) is 2.63. The highest BCUT2D eigenvalue weighted by atomic mass is 32.1. The number of esters is 1. The number of nitrogens with zero attached hydrogens (tertiary/aromatic N) is 1. The van der Waals surface area contributed by atoms with Crippen molar-refractivity contribution in [1.29, 1.82) is 0 Å². The lowest BCUT2D eigenvalue weighted by molar-refractivity contribution is -0.137. The first-order valence-electron chi connectivity index (χ1n) is 8.66. The Morgan fingerprint density at radius 3 is 2.27 bits per heavy atom. The van der Waals surface area contributed by atoms with Crippen molar-refractivity contribution >= 4 is 23.1 Å². The second-order valence-electron chi connectivity index (χ2n) is 6.32. The zero-order chi connectivity index (χ0) is 22.1. The van der Waals surface area contributed by atoms with Crippen LogP contribution in [0.1, 0.15) is 38.2 Å². The Labute approximate surface area is 174 Å². The Morgan fingerprint density at radius 1 is 1.03 bits per heavy atom. The number of carbonyl (C=O) groups is 2. The first kappa shape index (κ1) is 21.5. The Balaban J connectivity index is 1.85. The summed E-state index contributed by atoms with van der Waals surface area (Å²) in [4.78, 5) is 28.6. The van der Waals surface area contributed by atoms with Gasteiger partial charge in [0.05, 0.1) is 18.4 Å². The van der Waals surface area contributed by atoms with Crippen LogP contribution in [0.2, 0.25) is 0 Å². The van der Waals surface area contributed by atoms with Crippen molar-refractivity contribution < 1.29 is 32.2 Å². The molecule has 0 fully saturated rings. The molecule has 0 radical (unpaired) electrons. The van der Waals surface area contributed by atoms with E-state index in [1.54, 1.807) is 6.92 Å². The molecular weight excluding hydrogens is 419 g/mol. The van der Waals surface area contributed by atoms with Crippen LogP contribution in [-0.2, 0) is 6.18 Å². The fourth-order valence-corrected chi connectivity index (χ4v) is 3.58. The molecule has 0 aliphatic heterocycles. The van der Waals surface area contributed by atoms with Crippen LogP contribution in [0.5, 0.6) is 11.5 Å². The van der Waals surface area contributed by atoms with E-state index in [1.165, 1.54) is 44.4 Å². The molecule has 0 atom stereocenters. The molecule has 0 amide bonds. The van der Waals surface area contributed by atoms with Gasteiger partial charge in [0.25, 0.3) is 0 Å². The summed E-state index contributed by atoms with van der Waals surface area (Å²) in [5.74, 6) is -0.486. The Bertz CT molecular complexity index is 1100. The molecule has 0 N–H and O–H groups in total. The number of aryl methyl sites for hydroxylation is 1. The number of ether oxygens (including phenoxy) is 2. The van der Waals surface area contributed by atoms with Gasteiger partial charge in [-0.1, -0.05) is 12.1 Å². The predicted octanol–water partition coefficient (Wildman–Crippen LogP) is 5.57. The number of methoxy groups -OCH3 is 1. The van der Waals surface area contributed by atoms with Crippen molar-refractivity contribution in [3.05, 3.63) is 64.2 Å². The number of hydrogen-bond donors (Lipinski definition) is 0. The van der Waals surface area contributed by atoms with Crippen LogP contribution >= 0.6 is 11.3 Å². The van der Waals surface area contributed by atoms with Crippen molar-refractivity contribution in [3.8, 4) is 22.1 Å². The van der Waals surface area contributed by atoms with Crippen LogP contribution in [0.3, 0.4) is 0 Å². The van der Waals surface area contributed by atoms with Crippen molar-refractivity contribution in [2.45, 2.75) is 20.0 Å². The normalized spacial score (nSPS) is 11.3. The van der Waals surface area contributed by atoms with Gasteiger partial charge in [-0.3, -0.25) is 4.79 Å². The second-order valence-corrected chi connectivity index (χ2v) is 7.32.